The summed E-state index contributed by atoms with van der Waals surface area (Å²) in [6.07, 6.45) is 7.09. The third kappa shape index (κ3) is 1.24. The summed E-state index contributed by atoms with van der Waals surface area (Å²) in [5.74, 6) is 0. The SMILES string of the molecule is Nc1cnccc1-c1cccc2nccn12. The number of fused-ring (bicyclic) bond motifs is 1. The lowest BCUT2D eigenvalue weighted by Gasteiger charge is -2.07. The van der Waals surface area contributed by atoms with Crippen molar-refractivity contribution < 1.29 is 0 Å². The van der Waals surface area contributed by atoms with E-state index in [1.165, 1.54) is 0 Å². The Hall–Kier alpha value is -2.36. The molecule has 0 fully saturated rings. The van der Waals surface area contributed by atoms with E-state index >= 15 is 0 Å². The van der Waals surface area contributed by atoms with Crippen LogP contribution in [-0.2, 0) is 0 Å². The van der Waals surface area contributed by atoms with Crippen LogP contribution in [-0.4, -0.2) is 14.4 Å². The molecule has 3 aromatic heterocycles. The van der Waals surface area contributed by atoms with Crippen molar-refractivity contribution in [2.45, 2.75) is 0 Å². The molecule has 0 saturated carbocycles. The molecule has 16 heavy (non-hydrogen) atoms. The van der Waals surface area contributed by atoms with Crippen molar-refractivity contribution in [1.82, 2.24) is 14.4 Å². The lowest BCUT2D eigenvalue weighted by Crippen LogP contribution is -1.95. The van der Waals surface area contributed by atoms with Gasteiger partial charge in [-0.25, -0.2) is 4.98 Å². The number of hydrogen-bond acceptors (Lipinski definition) is 3. The Morgan fingerprint density at radius 1 is 1.12 bits per heavy atom. The standard InChI is InChI=1S/C12H10N4/c13-10-8-14-5-4-9(10)11-2-1-3-12-15-6-7-16(11)12/h1-8H,13H2. The Labute approximate surface area is 92.4 Å². The number of nitrogen functional groups attached to an aromatic ring is 1. The Morgan fingerprint density at radius 3 is 2.94 bits per heavy atom. The van der Waals surface area contributed by atoms with Gasteiger partial charge in [0.15, 0.2) is 0 Å². The zero-order valence-electron chi connectivity index (χ0n) is 8.54. The molecule has 4 nitrogen and oxygen atoms in total. The van der Waals surface area contributed by atoms with Crippen molar-refractivity contribution in [2.75, 3.05) is 5.73 Å². The van der Waals surface area contributed by atoms with Gasteiger partial charge in [-0.15, -0.1) is 0 Å². The van der Waals surface area contributed by atoms with E-state index in [1.54, 1.807) is 18.6 Å². The van der Waals surface area contributed by atoms with E-state index in [9.17, 15) is 0 Å². The maximum atomic E-state index is 5.92. The first-order valence-corrected chi connectivity index (χ1v) is 4.98. The van der Waals surface area contributed by atoms with Gasteiger partial charge in [0, 0.05) is 24.2 Å². The van der Waals surface area contributed by atoms with Crippen molar-refractivity contribution in [2.24, 2.45) is 0 Å². The number of nitrogens with zero attached hydrogens (tertiary/aromatic N) is 3. The molecule has 0 aromatic carbocycles. The van der Waals surface area contributed by atoms with Crippen LogP contribution in [0.1, 0.15) is 0 Å². The van der Waals surface area contributed by atoms with E-state index in [0.29, 0.717) is 5.69 Å². The molecule has 0 spiro atoms. The summed E-state index contributed by atoms with van der Waals surface area (Å²) in [6, 6.07) is 7.85. The first-order chi connectivity index (χ1) is 7.86. The van der Waals surface area contributed by atoms with Gasteiger partial charge in [-0.1, -0.05) is 6.07 Å². The first-order valence-electron chi connectivity index (χ1n) is 4.98. The lowest BCUT2D eigenvalue weighted by atomic mass is 10.1. The van der Waals surface area contributed by atoms with E-state index in [-0.39, 0.29) is 0 Å². The van der Waals surface area contributed by atoms with Crippen molar-refractivity contribution in [3.63, 3.8) is 0 Å². The fraction of sp³-hybridized carbons (Fsp3) is 0. The van der Waals surface area contributed by atoms with E-state index in [4.69, 9.17) is 5.73 Å². The van der Waals surface area contributed by atoms with Crippen molar-refractivity contribution in [3.05, 3.63) is 49.1 Å². The number of hydrogen-bond donors (Lipinski definition) is 1. The van der Waals surface area contributed by atoms with Crippen molar-refractivity contribution in [1.29, 1.82) is 0 Å². The summed E-state index contributed by atoms with van der Waals surface area (Å²) >= 11 is 0. The average Bonchev–Trinajstić information content (AvgIpc) is 2.77. The second kappa shape index (κ2) is 3.34. The highest BCUT2D eigenvalue weighted by Crippen LogP contribution is 2.24. The topological polar surface area (TPSA) is 56.2 Å². The third-order valence-corrected chi connectivity index (χ3v) is 2.56. The summed E-state index contributed by atoms with van der Waals surface area (Å²) in [7, 11) is 0. The van der Waals surface area contributed by atoms with Crippen LogP contribution in [0.5, 0.6) is 0 Å². The van der Waals surface area contributed by atoms with Crippen molar-refractivity contribution in [3.8, 4) is 11.3 Å². The summed E-state index contributed by atoms with van der Waals surface area (Å²) in [5.41, 5.74) is 9.49. The van der Waals surface area contributed by atoms with Gasteiger partial charge >= 0.3 is 0 Å². The van der Waals surface area contributed by atoms with Crippen LogP contribution < -0.4 is 5.73 Å². The highest BCUT2D eigenvalue weighted by Gasteiger charge is 2.06. The third-order valence-electron chi connectivity index (χ3n) is 2.56. The number of pyridine rings is 2. The second-order valence-corrected chi connectivity index (χ2v) is 3.53. The van der Waals surface area contributed by atoms with Gasteiger partial charge in [0.25, 0.3) is 0 Å². The molecule has 0 aliphatic rings. The number of anilines is 1. The van der Waals surface area contributed by atoms with E-state index in [1.807, 2.05) is 34.9 Å². The molecular weight excluding hydrogens is 200 g/mol. The number of aromatic nitrogens is 3. The van der Waals surface area contributed by atoms with Gasteiger partial charge in [-0.05, 0) is 18.2 Å². The van der Waals surface area contributed by atoms with Crippen LogP contribution in [0.4, 0.5) is 5.69 Å². The van der Waals surface area contributed by atoms with Gasteiger partial charge < -0.3 is 5.73 Å². The molecule has 3 rings (SSSR count). The molecule has 78 valence electrons. The maximum Gasteiger partial charge on any atom is 0.137 e. The van der Waals surface area contributed by atoms with Crippen LogP contribution in [0.2, 0.25) is 0 Å². The minimum Gasteiger partial charge on any atom is -0.397 e. The van der Waals surface area contributed by atoms with Gasteiger partial charge in [0.1, 0.15) is 5.65 Å². The molecule has 4 heteroatoms. The Balaban J connectivity index is 2.34. The number of imidazole rings is 1. The molecule has 0 atom stereocenters. The van der Waals surface area contributed by atoms with Crippen LogP contribution in [0.3, 0.4) is 0 Å². The molecule has 0 saturated heterocycles. The van der Waals surface area contributed by atoms with Gasteiger partial charge in [0.2, 0.25) is 0 Å². The van der Waals surface area contributed by atoms with Gasteiger partial charge in [0.05, 0.1) is 17.6 Å². The summed E-state index contributed by atoms with van der Waals surface area (Å²) < 4.78 is 2.01. The highest BCUT2D eigenvalue weighted by molar-refractivity contribution is 5.74. The van der Waals surface area contributed by atoms with Gasteiger partial charge in [-0.2, -0.15) is 0 Å². The predicted molar refractivity (Wildman–Crippen MR) is 62.8 cm³/mol. The monoisotopic (exact) mass is 210 g/mol. The minimum atomic E-state index is 0.670. The molecular formula is C12H10N4. The van der Waals surface area contributed by atoms with Crippen LogP contribution in [0.15, 0.2) is 49.1 Å². The maximum absolute atomic E-state index is 5.92. The molecule has 3 aromatic rings. The Morgan fingerprint density at radius 2 is 2.06 bits per heavy atom. The Kier molecular flexibility index (Phi) is 1.86. The van der Waals surface area contributed by atoms with E-state index in [0.717, 1.165) is 16.9 Å². The van der Waals surface area contributed by atoms with Crippen molar-refractivity contribution >= 4 is 11.3 Å². The normalized spacial score (nSPS) is 10.8. The van der Waals surface area contributed by atoms with Crippen LogP contribution >= 0.6 is 0 Å². The largest absolute Gasteiger partial charge is 0.397 e. The zero-order chi connectivity index (χ0) is 11.0. The molecule has 0 amide bonds. The molecule has 0 aliphatic heterocycles. The first kappa shape index (κ1) is 8.91. The lowest BCUT2D eigenvalue weighted by molar-refractivity contribution is 1.19. The number of nitrogens with two attached hydrogens (primary N) is 1. The second-order valence-electron chi connectivity index (χ2n) is 3.53. The number of rotatable bonds is 1. The molecule has 3 heterocycles. The van der Waals surface area contributed by atoms with Crippen LogP contribution in [0, 0.1) is 0 Å². The molecule has 0 bridgehead atoms. The average molecular weight is 210 g/mol. The molecule has 0 unspecified atom stereocenters. The quantitative estimate of drug-likeness (QED) is 0.668. The fourth-order valence-electron chi connectivity index (χ4n) is 1.81. The van der Waals surface area contributed by atoms with Crippen LogP contribution in [0.25, 0.3) is 16.9 Å². The van der Waals surface area contributed by atoms with Gasteiger partial charge in [-0.3, -0.25) is 9.38 Å². The fourth-order valence-corrected chi connectivity index (χ4v) is 1.81. The molecule has 0 radical (unpaired) electrons. The smallest absolute Gasteiger partial charge is 0.137 e. The summed E-state index contributed by atoms with van der Waals surface area (Å²) in [6.45, 7) is 0. The molecule has 2 N–H and O–H groups in total. The van der Waals surface area contributed by atoms with E-state index in [2.05, 4.69) is 9.97 Å². The summed E-state index contributed by atoms with van der Waals surface area (Å²) in [5, 5.41) is 0. The highest BCUT2D eigenvalue weighted by atomic mass is 15.0. The zero-order valence-corrected chi connectivity index (χ0v) is 8.54. The molecule has 0 aliphatic carbocycles. The summed E-state index contributed by atoms with van der Waals surface area (Å²) in [4.78, 5) is 8.23. The van der Waals surface area contributed by atoms with E-state index < -0.39 is 0 Å². The Bertz CT molecular complexity index is 642. The minimum absolute atomic E-state index is 0.670. The predicted octanol–water partition coefficient (Wildman–Crippen LogP) is 1.98.